The van der Waals surface area contributed by atoms with Gasteiger partial charge in [0.2, 0.25) is 0 Å². The van der Waals surface area contributed by atoms with Crippen molar-refractivity contribution in [1.82, 2.24) is 0 Å². The van der Waals surface area contributed by atoms with Gasteiger partial charge in [-0.1, -0.05) is 81.1 Å². The fourth-order valence-corrected chi connectivity index (χ4v) is 3.17. The minimum Gasteiger partial charge on any atom is -0.871 e. The number of rotatable bonds is 2. The Morgan fingerprint density at radius 1 is 0.609 bits per heavy atom. The summed E-state index contributed by atoms with van der Waals surface area (Å²) in [5.41, 5.74) is 0.123. The molecule has 0 atom stereocenters. The van der Waals surface area contributed by atoms with E-state index in [4.69, 9.17) is 69.6 Å². The molecule has 0 bridgehead atoms. The van der Waals surface area contributed by atoms with Crippen LogP contribution < -0.4 is 69.3 Å². The predicted molar refractivity (Wildman–Crippen MR) is 84.6 cm³/mol. The molecular weight excluding hydrogens is 447 g/mol. The molecule has 0 aliphatic carbocycles. The Labute approximate surface area is 207 Å². The van der Waals surface area contributed by atoms with Crippen LogP contribution in [0.4, 0.5) is 0 Å². The molecule has 2 aromatic rings. The second-order valence-corrected chi connectivity index (χ2v) is 6.49. The van der Waals surface area contributed by atoms with Gasteiger partial charge < -0.3 is 10.2 Å². The molecule has 112 valence electrons. The van der Waals surface area contributed by atoms with E-state index in [-0.39, 0.29) is 107 Å². The normalized spacial score (nSPS) is 10.0. The summed E-state index contributed by atoms with van der Waals surface area (Å²) in [4.78, 5) is 0. The summed E-state index contributed by atoms with van der Waals surface area (Å²) in [6.07, 6.45) is -0.171. The molecule has 0 aliphatic rings. The van der Waals surface area contributed by atoms with E-state index in [0.717, 1.165) is 0 Å². The molecule has 2 rings (SSSR count). The first-order chi connectivity index (χ1) is 9.73. The van der Waals surface area contributed by atoms with Crippen LogP contribution in [-0.4, -0.2) is 0 Å². The molecule has 0 aromatic heterocycles. The van der Waals surface area contributed by atoms with Crippen molar-refractivity contribution in [2.24, 2.45) is 0 Å². The molecule has 23 heavy (non-hydrogen) atoms. The first kappa shape index (κ1) is 24.8. The zero-order valence-electron chi connectivity index (χ0n) is 11.9. The van der Waals surface area contributed by atoms with Crippen LogP contribution >= 0.6 is 69.6 Å². The van der Waals surface area contributed by atoms with Gasteiger partial charge in [0.05, 0.1) is 20.1 Å². The average Bonchev–Trinajstić information content (AvgIpc) is 2.42. The van der Waals surface area contributed by atoms with E-state index in [2.05, 4.69) is 0 Å². The minimum atomic E-state index is -0.530. The van der Waals surface area contributed by atoms with Gasteiger partial charge in [0.1, 0.15) is 0 Å². The molecule has 0 radical (unpaired) electrons. The maximum atomic E-state index is 12.1. The van der Waals surface area contributed by atoms with Gasteiger partial charge >= 0.3 is 59.1 Å². The molecule has 0 heterocycles. The summed E-state index contributed by atoms with van der Waals surface area (Å²) in [6.45, 7) is 0. The smallest absolute Gasteiger partial charge is 0.871 e. The van der Waals surface area contributed by atoms with Gasteiger partial charge in [0.25, 0.3) is 0 Å². The Morgan fingerprint density at radius 3 is 1.22 bits per heavy atom. The maximum absolute atomic E-state index is 12.1. The van der Waals surface area contributed by atoms with Gasteiger partial charge in [0, 0.05) is 10.0 Å². The summed E-state index contributed by atoms with van der Waals surface area (Å²) in [5.74, 6) is -1.06. The van der Waals surface area contributed by atoms with E-state index in [9.17, 15) is 10.2 Å². The summed E-state index contributed by atoms with van der Waals surface area (Å²) in [5, 5.41) is 24.1. The van der Waals surface area contributed by atoms with Crippen LogP contribution in [0.3, 0.4) is 0 Å². The molecule has 0 saturated carbocycles. The minimum absolute atomic E-state index is 0. The van der Waals surface area contributed by atoms with Crippen molar-refractivity contribution in [2.75, 3.05) is 0 Å². The predicted octanol–water partition coefficient (Wildman–Crippen LogP) is -0.647. The summed E-state index contributed by atoms with van der Waals surface area (Å²) in [7, 11) is 0. The Hall–Kier alpha value is 1.78. The molecule has 0 spiro atoms. The second-order valence-electron chi connectivity index (χ2n) is 4.10. The quantitative estimate of drug-likeness (QED) is 0.451. The number of hydrogen-bond donors (Lipinski definition) is 0. The van der Waals surface area contributed by atoms with Crippen molar-refractivity contribution in [2.45, 2.75) is 6.42 Å². The Morgan fingerprint density at radius 2 is 0.913 bits per heavy atom. The third-order valence-electron chi connectivity index (χ3n) is 2.79. The van der Waals surface area contributed by atoms with Crippen molar-refractivity contribution in [1.29, 1.82) is 0 Å². The molecule has 0 fully saturated rings. The number of halogens is 6. The third kappa shape index (κ3) is 5.38. The molecule has 0 unspecified atom stereocenters. The number of hydrogen-bond acceptors (Lipinski definition) is 2. The van der Waals surface area contributed by atoms with Crippen molar-refractivity contribution < 1.29 is 69.3 Å². The second kappa shape index (κ2) is 10.2. The molecule has 0 N–H and O–H groups in total. The van der Waals surface area contributed by atoms with Gasteiger partial charge in [-0.2, -0.15) is 0 Å². The Balaban J connectivity index is 0.00000242. The van der Waals surface area contributed by atoms with Crippen molar-refractivity contribution in [3.63, 3.8) is 0 Å². The van der Waals surface area contributed by atoms with E-state index in [1.807, 2.05) is 0 Å². The molecule has 2 aromatic carbocycles. The van der Waals surface area contributed by atoms with E-state index < -0.39 is 11.5 Å². The molecule has 10 heteroatoms. The fraction of sp³-hybridized carbons (Fsp3) is 0.0769. The maximum Gasteiger partial charge on any atom is 1.00 e. The van der Waals surface area contributed by atoms with Crippen LogP contribution in [0.25, 0.3) is 0 Å². The van der Waals surface area contributed by atoms with E-state index in [0.29, 0.717) is 0 Å². The van der Waals surface area contributed by atoms with E-state index in [1.165, 1.54) is 12.1 Å². The van der Waals surface area contributed by atoms with Gasteiger partial charge in [0.15, 0.2) is 0 Å². The average molecular weight is 451 g/mol. The van der Waals surface area contributed by atoms with Gasteiger partial charge in [-0.05, 0) is 29.7 Å². The van der Waals surface area contributed by atoms with Crippen LogP contribution in [-0.2, 0) is 6.42 Å². The van der Waals surface area contributed by atoms with Gasteiger partial charge in [-0.3, -0.25) is 0 Å². The van der Waals surface area contributed by atoms with Crippen molar-refractivity contribution in [3.8, 4) is 11.5 Å². The SMILES string of the molecule is [Na+].[Na+].[O-]c1c(Cl)cc(Cl)c(Cl)c1Cc1c([O-])c(Cl)cc(Cl)c1Cl. The van der Waals surface area contributed by atoms with Gasteiger partial charge in [-0.15, -0.1) is 0 Å². The summed E-state index contributed by atoms with van der Waals surface area (Å²) >= 11 is 35.3. The van der Waals surface area contributed by atoms with Crippen LogP contribution in [0, 0.1) is 0 Å². The van der Waals surface area contributed by atoms with Gasteiger partial charge in [-0.25, -0.2) is 0 Å². The summed E-state index contributed by atoms with van der Waals surface area (Å²) in [6, 6.07) is 2.48. The van der Waals surface area contributed by atoms with E-state index in [1.54, 1.807) is 0 Å². The standard InChI is InChI=1S/C13H6Cl6O2.2Na/c14-6-2-8(16)12(20)4(10(6)18)1-5-11(19)7(15)3-9(17)13(5)21;;/h2-3,20-21H,1H2;;/q;2*+1/p-2. The largest absolute Gasteiger partial charge is 1.00 e. The topological polar surface area (TPSA) is 46.1 Å². The monoisotopic (exact) mass is 448 g/mol. The zero-order valence-corrected chi connectivity index (χ0v) is 20.5. The summed E-state index contributed by atoms with van der Waals surface area (Å²) < 4.78 is 0. The third-order valence-corrected chi connectivity index (χ3v) is 5.01. The van der Waals surface area contributed by atoms with Crippen LogP contribution in [0.15, 0.2) is 12.1 Å². The van der Waals surface area contributed by atoms with Crippen molar-refractivity contribution in [3.05, 3.63) is 53.4 Å². The first-order valence-electron chi connectivity index (χ1n) is 5.40. The zero-order chi connectivity index (χ0) is 15.9. The molecule has 0 aliphatic heterocycles. The van der Waals surface area contributed by atoms with Crippen molar-refractivity contribution >= 4 is 69.6 Å². The van der Waals surface area contributed by atoms with Crippen LogP contribution in [0.2, 0.25) is 30.1 Å². The molecule has 0 amide bonds. The Kier molecular flexibility index (Phi) is 11.0. The fourth-order valence-electron chi connectivity index (χ4n) is 1.75. The first-order valence-corrected chi connectivity index (χ1v) is 7.67. The number of benzene rings is 2. The Bertz CT molecular complexity index is 625. The molecule has 2 nitrogen and oxygen atoms in total. The molecular formula is C13H4Cl6Na2O2. The van der Waals surface area contributed by atoms with Crippen LogP contribution in [0.1, 0.15) is 11.1 Å². The molecule has 0 saturated heterocycles. The van der Waals surface area contributed by atoms with E-state index >= 15 is 0 Å². The van der Waals surface area contributed by atoms with Crippen LogP contribution in [0.5, 0.6) is 11.5 Å².